The van der Waals surface area contributed by atoms with E-state index in [9.17, 15) is 5.11 Å². The molecule has 0 radical (unpaired) electrons. The maximum atomic E-state index is 9.79. The minimum atomic E-state index is -0.530. The molecule has 0 saturated heterocycles. The molecule has 0 amide bonds. The number of anilines is 1. The van der Waals surface area contributed by atoms with Gasteiger partial charge in [0.25, 0.3) is 0 Å². The van der Waals surface area contributed by atoms with Gasteiger partial charge in [-0.3, -0.25) is 0 Å². The summed E-state index contributed by atoms with van der Waals surface area (Å²) in [5.41, 5.74) is 9.44. The van der Waals surface area contributed by atoms with Gasteiger partial charge in [-0.25, -0.2) is 9.97 Å². The van der Waals surface area contributed by atoms with Crippen LogP contribution in [0, 0.1) is 0 Å². The van der Waals surface area contributed by atoms with Crippen LogP contribution in [-0.4, -0.2) is 27.9 Å². The molecule has 0 aliphatic heterocycles. The number of nitrogens with two attached hydrogens (primary N) is 1. The van der Waals surface area contributed by atoms with E-state index in [2.05, 4.69) is 15.1 Å². The summed E-state index contributed by atoms with van der Waals surface area (Å²) >= 11 is 0. The maximum Gasteiger partial charge on any atom is 0.131 e. The molecule has 108 valence electrons. The lowest BCUT2D eigenvalue weighted by atomic mass is 9.70. The molecule has 6 heteroatoms. The van der Waals surface area contributed by atoms with Gasteiger partial charge in [0.1, 0.15) is 25.0 Å². The summed E-state index contributed by atoms with van der Waals surface area (Å²) < 4.78 is 0. The van der Waals surface area contributed by atoms with Crippen LogP contribution in [0.15, 0.2) is 29.7 Å². The Kier molecular flexibility index (Phi) is 2.83. The van der Waals surface area contributed by atoms with Gasteiger partial charge in [0, 0.05) is 22.1 Å². The lowest BCUT2D eigenvalue weighted by Gasteiger charge is -2.34. The van der Waals surface area contributed by atoms with E-state index in [-0.39, 0.29) is 5.75 Å². The van der Waals surface area contributed by atoms with Gasteiger partial charge in [-0.1, -0.05) is 5.16 Å². The predicted octanol–water partition coefficient (Wildman–Crippen LogP) is 2.07. The van der Waals surface area contributed by atoms with Crippen LogP contribution in [-0.2, 0) is 10.3 Å². The van der Waals surface area contributed by atoms with Crippen molar-refractivity contribution < 1.29 is 9.94 Å². The van der Waals surface area contributed by atoms with Gasteiger partial charge in [0.2, 0.25) is 0 Å². The number of oxime groups is 1. The molecule has 3 N–H and O–H groups in total. The molecule has 1 aliphatic rings. The van der Waals surface area contributed by atoms with Crippen molar-refractivity contribution in [2.45, 2.75) is 19.3 Å². The van der Waals surface area contributed by atoms with Crippen LogP contribution >= 0.6 is 0 Å². The number of benzene rings is 1. The zero-order valence-electron chi connectivity index (χ0n) is 12.1. The van der Waals surface area contributed by atoms with Crippen molar-refractivity contribution in [3.05, 3.63) is 35.7 Å². The molecule has 21 heavy (non-hydrogen) atoms. The number of hydrogen-bond acceptors (Lipinski definition) is 6. The lowest BCUT2D eigenvalue weighted by molar-refractivity contribution is 0.211. The standard InChI is InChI=1S/C15H16N4O2/c1-15(2)11-12(17-7-18-14(11)16)9-5-4-8(20)6-10(9)13(15)19-21-3/h4-7,20H,1-3H3,(H2,16,17,18). The molecule has 0 spiro atoms. The van der Waals surface area contributed by atoms with Gasteiger partial charge < -0.3 is 15.7 Å². The van der Waals surface area contributed by atoms with E-state index in [0.29, 0.717) is 11.5 Å². The van der Waals surface area contributed by atoms with Crippen molar-refractivity contribution in [3.63, 3.8) is 0 Å². The monoisotopic (exact) mass is 284 g/mol. The SMILES string of the molecule is CON=C1c2cc(O)ccc2-c2ncnc(N)c2C1(C)C. The van der Waals surface area contributed by atoms with Gasteiger partial charge in [0.05, 0.1) is 11.4 Å². The fourth-order valence-corrected chi connectivity index (χ4v) is 2.86. The number of nitrogen functional groups attached to an aromatic ring is 1. The second-order valence-corrected chi connectivity index (χ2v) is 5.46. The fourth-order valence-electron chi connectivity index (χ4n) is 2.86. The van der Waals surface area contributed by atoms with Crippen molar-refractivity contribution in [2.24, 2.45) is 5.16 Å². The van der Waals surface area contributed by atoms with Gasteiger partial charge >= 0.3 is 0 Å². The molecule has 0 saturated carbocycles. The van der Waals surface area contributed by atoms with Crippen molar-refractivity contribution in [3.8, 4) is 17.0 Å². The second kappa shape index (κ2) is 4.44. The first-order valence-electron chi connectivity index (χ1n) is 6.53. The largest absolute Gasteiger partial charge is 0.508 e. The average molecular weight is 284 g/mol. The molecule has 0 atom stereocenters. The number of rotatable bonds is 1. The summed E-state index contributed by atoms with van der Waals surface area (Å²) in [7, 11) is 1.49. The highest BCUT2D eigenvalue weighted by atomic mass is 16.6. The van der Waals surface area contributed by atoms with Crippen LogP contribution in [0.1, 0.15) is 25.0 Å². The van der Waals surface area contributed by atoms with Crippen LogP contribution in [0.5, 0.6) is 5.75 Å². The number of phenolic OH excluding ortho intramolecular Hbond substituents is 1. The second-order valence-electron chi connectivity index (χ2n) is 5.46. The maximum absolute atomic E-state index is 9.79. The van der Waals surface area contributed by atoms with Crippen LogP contribution in [0.4, 0.5) is 5.82 Å². The topological polar surface area (TPSA) is 93.6 Å². The van der Waals surface area contributed by atoms with E-state index in [4.69, 9.17) is 10.6 Å². The lowest BCUT2D eigenvalue weighted by Crippen LogP contribution is -2.36. The van der Waals surface area contributed by atoms with E-state index in [1.807, 2.05) is 13.8 Å². The summed E-state index contributed by atoms with van der Waals surface area (Å²) in [6.07, 6.45) is 1.44. The molecule has 0 fully saturated rings. The molecule has 0 unspecified atom stereocenters. The summed E-state index contributed by atoms with van der Waals surface area (Å²) in [4.78, 5) is 13.5. The smallest absolute Gasteiger partial charge is 0.131 e. The van der Waals surface area contributed by atoms with E-state index in [0.717, 1.165) is 22.4 Å². The molecule has 1 aromatic heterocycles. The Morgan fingerprint density at radius 3 is 2.71 bits per heavy atom. The summed E-state index contributed by atoms with van der Waals surface area (Å²) in [6, 6.07) is 5.08. The van der Waals surface area contributed by atoms with E-state index < -0.39 is 5.41 Å². The third kappa shape index (κ3) is 1.83. The predicted molar refractivity (Wildman–Crippen MR) is 80.1 cm³/mol. The minimum Gasteiger partial charge on any atom is -0.508 e. The van der Waals surface area contributed by atoms with Gasteiger partial charge in [0.15, 0.2) is 0 Å². The van der Waals surface area contributed by atoms with Crippen LogP contribution in [0.3, 0.4) is 0 Å². The first-order chi connectivity index (χ1) is 9.96. The Balaban J connectivity index is 2.44. The zero-order chi connectivity index (χ0) is 15.2. The number of hydrogen-bond donors (Lipinski definition) is 2. The number of phenols is 1. The molecule has 2 aromatic rings. The third-order valence-electron chi connectivity index (χ3n) is 3.79. The van der Waals surface area contributed by atoms with E-state index >= 15 is 0 Å². The van der Waals surface area contributed by atoms with Gasteiger partial charge in [-0.15, -0.1) is 0 Å². The number of nitrogens with zero attached hydrogens (tertiary/aromatic N) is 3. The summed E-state index contributed by atoms with van der Waals surface area (Å²) in [5.74, 6) is 0.589. The van der Waals surface area contributed by atoms with Crippen molar-refractivity contribution in [1.82, 2.24) is 9.97 Å². The van der Waals surface area contributed by atoms with Gasteiger partial charge in [-0.05, 0) is 32.0 Å². The highest BCUT2D eigenvalue weighted by molar-refractivity contribution is 6.15. The first-order valence-corrected chi connectivity index (χ1v) is 6.53. The molecule has 3 rings (SSSR count). The fraction of sp³-hybridized carbons (Fsp3) is 0.267. The molecule has 1 aromatic carbocycles. The summed E-state index contributed by atoms with van der Waals surface area (Å²) in [5, 5.41) is 13.9. The Hall–Kier alpha value is -2.63. The third-order valence-corrected chi connectivity index (χ3v) is 3.79. The Labute approximate surface area is 122 Å². The number of fused-ring (bicyclic) bond motifs is 3. The molecule has 1 heterocycles. The van der Waals surface area contributed by atoms with Crippen LogP contribution < -0.4 is 5.73 Å². The van der Waals surface area contributed by atoms with Crippen molar-refractivity contribution in [1.29, 1.82) is 0 Å². The van der Waals surface area contributed by atoms with Crippen LogP contribution in [0.25, 0.3) is 11.3 Å². The van der Waals surface area contributed by atoms with Crippen LogP contribution in [0.2, 0.25) is 0 Å². The molecule has 0 bridgehead atoms. The summed E-state index contributed by atoms with van der Waals surface area (Å²) in [6.45, 7) is 3.97. The Morgan fingerprint density at radius 1 is 1.24 bits per heavy atom. The van der Waals surface area contributed by atoms with Crippen molar-refractivity contribution in [2.75, 3.05) is 12.8 Å². The minimum absolute atomic E-state index is 0.166. The normalized spacial score (nSPS) is 17.2. The highest BCUT2D eigenvalue weighted by Crippen LogP contribution is 2.45. The van der Waals surface area contributed by atoms with Crippen molar-refractivity contribution >= 4 is 11.5 Å². The Morgan fingerprint density at radius 2 is 2.00 bits per heavy atom. The molecule has 1 aliphatic carbocycles. The highest BCUT2D eigenvalue weighted by Gasteiger charge is 2.40. The quantitative estimate of drug-likeness (QED) is 0.782. The van der Waals surface area contributed by atoms with Gasteiger partial charge in [-0.2, -0.15) is 0 Å². The Bertz CT molecular complexity index is 753. The zero-order valence-corrected chi connectivity index (χ0v) is 12.1. The van der Waals surface area contributed by atoms with E-state index in [1.54, 1.807) is 18.2 Å². The average Bonchev–Trinajstić information content (AvgIpc) is 2.43. The number of aromatic hydroxyl groups is 1. The molecular weight excluding hydrogens is 268 g/mol. The van der Waals surface area contributed by atoms with E-state index in [1.165, 1.54) is 13.4 Å². The first kappa shape index (κ1) is 13.4. The molecule has 6 nitrogen and oxygen atoms in total. The molecular formula is C15H16N4O2. The number of aromatic nitrogens is 2.